The van der Waals surface area contributed by atoms with Gasteiger partial charge in [0.25, 0.3) is 0 Å². The number of carbonyl (C=O) groups is 3. The molecule has 148 heavy (non-hydrogen) atoms. The number of Topliss-reactive ketones (excluding diaryl/α,β-unsaturated/α-hetero) is 3. The first-order valence-corrected chi connectivity index (χ1v) is 52.1. The molecule has 0 fully saturated rings. The molecule has 0 saturated carbocycles. The van der Waals surface area contributed by atoms with E-state index < -0.39 is 0 Å². The van der Waals surface area contributed by atoms with Crippen LogP contribution in [0.5, 0.6) is 5.75 Å². The van der Waals surface area contributed by atoms with Crippen LogP contribution in [0, 0.1) is 277 Å². The Morgan fingerprint density at radius 1 is 0.149 bits per heavy atom. The third-order valence-corrected chi connectivity index (χ3v) is 25.7. The van der Waals surface area contributed by atoms with Gasteiger partial charge in [-0.05, 0) is 467 Å². The van der Waals surface area contributed by atoms with Crippen LogP contribution >= 0.6 is 11.6 Å². The molecule has 0 aliphatic carbocycles. The summed E-state index contributed by atoms with van der Waals surface area (Å²) in [5.41, 5.74) is 54.8. The Balaban J connectivity index is 0.000000790. The number of ether oxygens (including phenoxy) is 1. The van der Waals surface area contributed by atoms with Crippen LogP contribution in [0.15, 0.2) is 309 Å². The van der Waals surface area contributed by atoms with E-state index in [9.17, 15) is 14.4 Å². The number of hydrogen-bond donors (Lipinski definition) is 0. The Morgan fingerprint density at radius 2 is 0.304 bits per heavy atom. The average Bonchev–Trinajstić information content (AvgIpc) is 0.869. The molecule has 0 radical (unpaired) electrons. The second-order valence-corrected chi connectivity index (χ2v) is 40.9. The predicted molar refractivity (Wildman–Crippen MR) is 654 cm³/mol. The van der Waals surface area contributed by atoms with Crippen molar-refractivity contribution in [2.24, 2.45) is 0 Å². The van der Waals surface area contributed by atoms with Crippen molar-refractivity contribution < 1.29 is 19.1 Å². The maximum Gasteiger partial charge on any atom is 0.160 e. The molecule has 0 aromatic heterocycles. The van der Waals surface area contributed by atoms with Crippen molar-refractivity contribution in [3.63, 3.8) is 0 Å². The molecule has 0 aliphatic heterocycles. The zero-order valence-electron chi connectivity index (χ0n) is 99.5. The first-order valence-electron chi connectivity index (χ1n) is 51.7. The van der Waals surface area contributed by atoms with Crippen LogP contribution in [0.2, 0.25) is 5.02 Å². The van der Waals surface area contributed by atoms with Crippen LogP contribution in [0.1, 0.15) is 274 Å². The van der Waals surface area contributed by atoms with Gasteiger partial charge in [-0.15, -0.1) is 0 Å². The lowest BCUT2D eigenvalue weighted by Crippen LogP contribution is -1.95. The number of methoxy groups -OCH3 is 1. The van der Waals surface area contributed by atoms with Gasteiger partial charge >= 0.3 is 0 Å². The monoisotopic (exact) mass is 2000 g/mol. The van der Waals surface area contributed by atoms with E-state index in [1.54, 1.807) is 27.9 Å². The molecule has 5 heteroatoms. The van der Waals surface area contributed by atoms with Crippen molar-refractivity contribution in [1.82, 2.24) is 0 Å². The third-order valence-electron chi connectivity index (χ3n) is 25.3. The molecule has 0 spiro atoms. The summed E-state index contributed by atoms with van der Waals surface area (Å²) in [7, 11) is 1.70. The highest BCUT2D eigenvalue weighted by Crippen LogP contribution is 2.22. The smallest absolute Gasteiger partial charge is 0.160 e. The van der Waals surface area contributed by atoms with Crippen molar-refractivity contribution in [1.29, 1.82) is 0 Å². The molecular formula is C143H183ClO4. The Labute approximate surface area is 905 Å². The Morgan fingerprint density at radius 3 is 0.446 bits per heavy atom. The standard InChI is InChI=1S/3C10H12O.C9H12O.8C9H12.C8H9Cl.3C8H10/c3*1-7-4-5-8(2)10(6-7)9(3)11;1-7-4-5-8(2)9(6-7)10-3;8*1-7-4-5-8(2)9(3)6-7;1-6-3-4-7(2)8(9)5-6;1-7-3-5-8(2)6-4-7;1-7-4-3-5-8(2)6-7;1-7-5-3-4-6-8(7)2/h3*4-6H,1-3H3;4-6H,1-3H3;8*4-6H,1-3H3;3-5H,1-2H3;3*3-6H,1-2H3. The van der Waals surface area contributed by atoms with Crippen molar-refractivity contribution in [2.75, 3.05) is 7.11 Å². The highest BCUT2D eigenvalue weighted by atomic mass is 35.5. The van der Waals surface area contributed by atoms with Gasteiger partial charge in [-0.25, -0.2) is 0 Å². The summed E-state index contributed by atoms with van der Waals surface area (Å²) in [6.07, 6.45) is 0. The molecule has 0 amide bonds. The second-order valence-electron chi connectivity index (χ2n) is 40.4. The van der Waals surface area contributed by atoms with Gasteiger partial charge in [0.05, 0.1) is 7.11 Å². The Bertz CT molecular complexity index is 5850. The van der Waals surface area contributed by atoms with Crippen molar-refractivity contribution in [3.05, 3.63) is 554 Å². The molecule has 0 saturated heterocycles. The summed E-state index contributed by atoms with van der Waals surface area (Å²) < 4.78 is 5.13. The van der Waals surface area contributed by atoms with Gasteiger partial charge < -0.3 is 4.74 Å². The summed E-state index contributed by atoms with van der Waals surface area (Å²) in [5.74, 6) is 1.41. The van der Waals surface area contributed by atoms with E-state index in [1.807, 2.05) is 135 Å². The summed E-state index contributed by atoms with van der Waals surface area (Å²) >= 11 is 5.81. The van der Waals surface area contributed by atoms with Crippen molar-refractivity contribution >= 4 is 29.0 Å². The number of rotatable bonds is 4. The van der Waals surface area contributed by atoms with Gasteiger partial charge in [-0.2, -0.15) is 0 Å². The minimum absolute atomic E-state index is 0.145. The number of ketones is 3. The van der Waals surface area contributed by atoms with E-state index >= 15 is 0 Å². The molecule has 16 rings (SSSR count). The number of benzene rings is 16. The highest BCUT2D eigenvalue weighted by Gasteiger charge is 2.07. The summed E-state index contributed by atoms with van der Waals surface area (Å²) in [5, 5.41) is 0.856. The van der Waals surface area contributed by atoms with Gasteiger partial charge in [-0.3, -0.25) is 14.4 Å². The Kier molecular flexibility index (Phi) is 63.1. The summed E-state index contributed by atoms with van der Waals surface area (Å²) in [6, 6.07) is 107. The predicted octanol–water partition coefficient (Wildman–Crippen LogP) is 40.6. The molecule has 0 aliphatic rings. The van der Waals surface area contributed by atoms with Crippen LogP contribution in [0.25, 0.3) is 0 Å². The minimum atomic E-state index is 0.145. The molecule has 4 nitrogen and oxygen atoms in total. The Hall–Kier alpha value is -13.4. The molecule has 0 bridgehead atoms. The van der Waals surface area contributed by atoms with Gasteiger partial charge in [-0.1, -0.05) is 374 Å². The van der Waals surface area contributed by atoms with Crippen molar-refractivity contribution in [3.8, 4) is 5.75 Å². The fourth-order valence-corrected chi connectivity index (χ4v) is 14.4. The average molecular weight is 2000 g/mol. The first-order chi connectivity index (χ1) is 69.2. The SMILES string of the molecule is CC(=O)c1cc(C)ccc1C.CC(=O)c1cc(C)ccc1C.CC(=O)c1cc(C)ccc1C.COc1cc(C)ccc1C.Cc1ccc(C)c(C)c1.Cc1ccc(C)c(C)c1.Cc1ccc(C)c(C)c1.Cc1ccc(C)c(C)c1.Cc1ccc(C)c(C)c1.Cc1ccc(C)c(C)c1.Cc1ccc(C)c(C)c1.Cc1ccc(C)c(C)c1.Cc1ccc(C)c(Cl)c1.Cc1ccc(C)cc1.Cc1cccc(C)c1.Cc1ccccc1C. The number of halogens is 1. The van der Waals surface area contributed by atoms with Gasteiger partial charge in [0, 0.05) is 21.7 Å². The fraction of sp³-hybridized carbons (Fsp3) is 0.308. The zero-order valence-corrected chi connectivity index (χ0v) is 100. The lowest BCUT2D eigenvalue weighted by molar-refractivity contribution is 0.100. The molecule has 16 aromatic rings. The molecular weight excluding hydrogens is 1820 g/mol. The third kappa shape index (κ3) is 57.1. The quantitative estimate of drug-likeness (QED) is 0.165. The largest absolute Gasteiger partial charge is 0.496 e. The second kappa shape index (κ2) is 70.5. The van der Waals surface area contributed by atoms with Gasteiger partial charge in [0.2, 0.25) is 0 Å². The van der Waals surface area contributed by atoms with E-state index in [1.165, 1.54) is 184 Å². The molecule has 0 unspecified atom stereocenters. The zero-order chi connectivity index (χ0) is 112. The van der Waals surface area contributed by atoms with Crippen LogP contribution < -0.4 is 4.74 Å². The topological polar surface area (TPSA) is 60.4 Å². The summed E-state index contributed by atoms with van der Waals surface area (Å²) in [6.45, 7) is 88.6. The normalized spacial score (nSPS) is 9.60. The molecule has 0 heterocycles. The van der Waals surface area contributed by atoms with Gasteiger partial charge in [0.1, 0.15) is 5.75 Å². The fourth-order valence-electron chi connectivity index (χ4n) is 14.2. The number of hydrogen-bond acceptors (Lipinski definition) is 4. The van der Waals surface area contributed by atoms with Crippen LogP contribution in [-0.4, -0.2) is 24.5 Å². The number of aryl methyl sites for hydroxylation is 40. The van der Waals surface area contributed by atoms with Crippen LogP contribution in [0.3, 0.4) is 0 Å². The maximum absolute atomic E-state index is 11.0. The van der Waals surface area contributed by atoms with Crippen LogP contribution in [-0.2, 0) is 0 Å². The van der Waals surface area contributed by atoms with E-state index in [4.69, 9.17) is 16.3 Å². The van der Waals surface area contributed by atoms with Crippen LogP contribution in [0.4, 0.5) is 0 Å². The summed E-state index contributed by atoms with van der Waals surface area (Å²) in [4.78, 5) is 33.1. The minimum Gasteiger partial charge on any atom is -0.496 e. The lowest BCUT2D eigenvalue weighted by Gasteiger charge is -2.03. The molecule has 16 aromatic carbocycles. The molecule has 786 valence electrons. The van der Waals surface area contributed by atoms with E-state index in [2.05, 4.69) is 451 Å². The van der Waals surface area contributed by atoms with Crippen molar-refractivity contribution in [2.45, 2.75) is 298 Å². The molecule has 0 N–H and O–H groups in total. The van der Waals surface area contributed by atoms with Gasteiger partial charge in [0.15, 0.2) is 17.3 Å². The molecule has 0 atom stereocenters. The number of carbonyl (C=O) groups excluding carboxylic acids is 3. The highest BCUT2D eigenvalue weighted by molar-refractivity contribution is 6.31. The first kappa shape index (κ1) is 133. The van der Waals surface area contributed by atoms with E-state index in [0.717, 1.165) is 66.4 Å². The maximum atomic E-state index is 11.0. The van der Waals surface area contributed by atoms with E-state index in [0.29, 0.717) is 0 Å². The lowest BCUT2D eigenvalue weighted by atomic mass is 10.0. The van der Waals surface area contributed by atoms with E-state index in [-0.39, 0.29) is 17.3 Å².